The minimum atomic E-state index is 0.100. The van der Waals surface area contributed by atoms with E-state index in [9.17, 15) is 4.79 Å². The van der Waals surface area contributed by atoms with Crippen LogP contribution in [0.15, 0.2) is 24.0 Å². The van der Waals surface area contributed by atoms with Crippen LogP contribution in [0.1, 0.15) is 37.8 Å². The molecule has 3 heterocycles. The van der Waals surface area contributed by atoms with Gasteiger partial charge in [0.15, 0.2) is 0 Å². The topological polar surface area (TPSA) is 71.0 Å². The number of hydrogen-bond donors (Lipinski definition) is 1. The molecule has 1 saturated heterocycles. The standard InChI is InChI=1S/C17H23N5OS/c1-22-9-3-2-4-14(22)5-6-16(23)20-10-13-12-24-17(21-13)15-11-18-7-8-19-15/h7-8,11-12,14H,2-6,9-10H2,1H3,(H,20,23)/t14-/m0/s1. The van der Waals surface area contributed by atoms with Crippen molar-refractivity contribution >= 4 is 17.2 Å². The van der Waals surface area contributed by atoms with E-state index in [1.165, 1.54) is 30.6 Å². The van der Waals surface area contributed by atoms with E-state index >= 15 is 0 Å². The average Bonchev–Trinajstić information content (AvgIpc) is 3.09. The minimum absolute atomic E-state index is 0.100. The van der Waals surface area contributed by atoms with E-state index in [4.69, 9.17) is 0 Å². The van der Waals surface area contributed by atoms with Crippen molar-refractivity contribution in [2.24, 2.45) is 0 Å². The third-order valence-corrected chi connectivity index (χ3v) is 5.34. The molecule has 2 aromatic rings. The molecule has 1 atom stereocenters. The molecule has 0 aliphatic carbocycles. The summed E-state index contributed by atoms with van der Waals surface area (Å²) in [5, 5.41) is 5.76. The van der Waals surface area contributed by atoms with Gasteiger partial charge in [0, 0.05) is 30.2 Å². The summed E-state index contributed by atoms with van der Waals surface area (Å²) in [6.07, 6.45) is 10.3. The lowest BCUT2D eigenvalue weighted by atomic mass is 9.98. The molecular weight excluding hydrogens is 322 g/mol. The van der Waals surface area contributed by atoms with Gasteiger partial charge in [-0.15, -0.1) is 11.3 Å². The van der Waals surface area contributed by atoms with E-state index in [2.05, 4.69) is 32.2 Å². The molecule has 3 rings (SSSR count). The number of nitrogens with zero attached hydrogens (tertiary/aromatic N) is 4. The van der Waals surface area contributed by atoms with E-state index in [0.29, 0.717) is 19.0 Å². The van der Waals surface area contributed by atoms with Crippen LogP contribution in [0.5, 0.6) is 0 Å². The first-order valence-electron chi connectivity index (χ1n) is 8.40. The molecule has 0 spiro atoms. The van der Waals surface area contributed by atoms with Crippen LogP contribution in [-0.2, 0) is 11.3 Å². The first-order chi connectivity index (χ1) is 11.7. The number of carbonyl (C=O) groups is 1. The molecule has 7 heteroatoms. The van der Waals surface area contributed by atoms with Crippen molar-refractivity contribution in [2.75, 3.05) is 13.6 Å². The van der Waals surface area contributed by atoms with Crippen molar-refractivity contribution in [3.05, 3.63) is 29.7 Å². The van der Waals surface area contributed by atoms with E-state index in [0.717, 1.165) is 29.4 Å². The fourth-order valence-corrected chi connectivity index (χ4v) is 3.78. The van der Waals surface area contributed by atoms with Crippen molar-refractivity contribution in [1.29, 1.82) is 0 Å². The number of rotatable bonds is 6. The summed E-state index contributed by atoms with van der Waals surface area (Å²) in [7, 11) is 2.16. The van der Waals surface area contributed by atoms with Gasteiger partial charge in [0.2, 0.25) is 5.91 Å². The summed E-state index contributed by atoms with van der Waals surface area (Å²) >= 11 is 1.52. The molecule has 0 saturated carbocycles. The van der Waals surface area contributed by atoms with Gasteiger partial charge >= 0.3 is 0 Å². The lowest BCUT2D eigenvalue weighted by Crippen LogP contribution is -2.37. The minimum Gasteiger partial charge on any atom is -0.350 e. The van der Waals surface area contributed by atoms with Gasteiger partial charge in [0.05, 0.1) is 18.4 Å². The van der Waals surface area contributed by atoms with Gasteiger partial charge in [-0.25, -0.2) is 4.98 Å². The number of aromatic nitrogens is 3. The van der Waals surface area contributed by atoms with Crippen LogP contribution in [0.25, 0.3) is 10.7 Å². The molecule has 128 valence electrons. The SMILES string of the molecule is CN1CCCC[C@H]1CCC(=O)NCc1csc(-c2cnccn2)n1. The first kappa shape index (κ1) is 17.0. The van der Waals surface area contributed by atoms with Crippen LogP contribution in [-0.4, -0.2) is 45.4 Å². The highest BCUT2D eigenvalue weighted by atomic mass is 32.1. The monoisotopic (exact) mass is 345 g/mol. The molecule has 6 nitrogen and oxygen atoms in total. The van der Waals surface area contributed by atoms with Gasteiger partial charge in [0.1, 0.15) is 10.7 Å². The zero-order valence-corrected chi connectivity index (χ0v) is 14.8. The highest BCUT2D eigenvalue weighted by Gasteiger charge is 2.19. The van der Waals surface area contributed by atoms with Crippen LogP contribution in [0, 0.1) is 0 Å². The molecule has 0 bridgehead atoms. The van der Waals surface area contributed by atoms with Crippen LogP contribution in [0.4, 0.5) is 0 Å². The number of carbonyl (C=O) groups excluding carboxylic acids is 1. The molecule has 1 aliphatic rings. The molecule has 0 aromatic carbocycles. The van der Waals surface area contributed by atoms with E-state index < -0.39 is 0 Å². The lowest BCUT2D eigenvalue weighted by molar-refractivity contribution is -0.121. The van der Waals surface area contributed by atoms with Gasteiger partial charge in [-0.2, -0.15) is 0 Å². The summed E-state index contributed by atoms with van der Waals surface area (Å²) in [6, 6.07) is 0.548. The predicted molar refractivity (Wildman–Crippen MR) is 94.5 cm³/mol. The molecule has 1 aliphatic heterocycles. The number of piperidine rings is 1. The maximum Gasteiger partial charge on any atom is 0.220 e. The third-order valence-electron chi connectivity index (χ3n) is 4.43. The smallest absolute Gasteiger partial charge is 0.220 e. The highest BCUT2D eigenvalue weighted by Crippen LogP contribution is 2.21. The van der Waals surface area contributed by atoms with Crippen LogP contribution in [0.2, 0.25) is 0 Å². The Labute approximate surface area is 146 Å². The van der Waals surface area contributed by atoms with E-state index in [-0.39, 0.29) is 5.91 Å². The highest BCUT2D eigenvalue weighted by molar-refractivity contribution is 7.13. The summed E-state index contributed by atoms with van der Waals surface area (Å²) in [6.45, 7) is 1.62. The van der Waals surface area contributed by atoms with Gasteiger partial charge in [0.25, 0.3) is 0 Å². The predicted octanol–water partition coefficient (Wildman–Crippen LogP) is 2.48. The zero-order chi connectivity index (χ0) is 16.8. The Morgan fingerprint density at radius 2 is 2.33 bits per heavy atom. The third kappa shape index (κ3) is 4.58. The Morgan fingerprint density at radius 3 is 3.12 bits per heavy atom. The molecule has 2 aromatic heterocycles. The lowest BCUT2D eigenvalue weighted by Gasteiger charge is -2.32. The Morgan fingerprint density at radius 1 is 1.42 bits per heavy atom. The normalized spacial score (nSPS) is 18.5. The number of thiazole rings is 1. The fraction of sp³-hybridized carbons (Fsp3) is 0.529. The second kappa shape index (κ2) is 8.30. The quantitative estimate of drug-likeness (QED) is 0.871. The Balaban J connectivity index is 1.44. The van der Waals surface area contributed by atoms with Crippen molar-refractivity contribution in [3.63, 3.8) is 0 Å². The van der Waals surface area contributed by atoms with E-state index in [1.807, 2.05) is 5.38 Å². The van der Waals surface area contributed by atoms with Crippen molar-refractivity contribution < 1.29 is 4.79 Å². The molecular formula is C17H23N5OS. The molecule has 1 amide bonds. The van der Waals surface area contributed by atoms with Crippen molar-refractivity contribution in [2.45, 2.75) is 44.7 Å². The maximum atomic E-state index is 12.1. The largest absolute Gasteiger partial charge is 0.350 e. The number of likely N-dealkylation sites (tertiary alicyclic amines) is 1. The number of amides is 1. The Kier molecular flexibility index (Phi) is 5.87. The number of hydrogen-bond acceptors (Lipinski definition) is 6. The second-order valence-electron chi connectivity index (χ2n) is 6.18. The van der Waals surface area contributed by atoms with Gasteiger partial charge in [-0.3, -0.25) is 14.8 Å². The molecule has 1 fully saturated rings. The Hall–Kier alpha value is -1.86. The van der Waals surface area contributed by atoms with Crippen molar-refractivity contribution in [1.82, 2.24) is 25.2 Å². The maximum absolute atomic E-state index is 12.1. The first-order valence-corrected chi connectivity index (χ1v) is 9.28. The molecule has 1 N–H and O–H groups in total. The van der Waals surface area contributed by atoms with Crippen molar-refractivity contribution in [3.8, 4) is 10.7 Å². The zero-order valence-electron chi connectivity index (χ0n) is 13.9. The molecule has 24 heavy (non-hydrogen) atoms. The second-order valence-corrected chi connectivity index (χ2v) is 7.04. The summed E-state index contributed by atoms with van der Waals surface area (Å²) in [5.41, 5.74) is 1.63. The van der Waals surface area contributed by atoms with Gasteiger partial charge in [-0.05, 0) is 32.9 Å². The summed E-state index contributed by atoms with van der Waals surface area (Å²) < 4.78 is 0. The molecule has 0 unspecified atom stereocenters. The fourth-order valence-electron chi connectivity index (χ4n) is 3.00. The van der Waals surface area contributed by atoms with E-state index in [1.54, 1.807) is 18.6 Å². The van der Waals surface area contributed by atoms with Gasteiger partial charge < -0.3 is 10.2 Å². The van der Waals surface area contributed by atoms with Gasteiger partial charge in [-0.1, -0.05) is 6.42 Å². The molecule has 0 radical (unpaired) electrons. The number of nitrogens with one attached hydrogen (secondary N) is 1. The van der Waals surface area contributed by atoms with Crippen LogP contribution in [0.3, 0.4) is 0 Å². The average molecular weight is 345 g/mol. The van der Waals surface area contributed by atoms with Crippen LogP contribution >= 0.6 is 11.3 Å². The summed E-state index contributed by atoms with van der Waals surface area (Å²) in [5.74, 6) is 0.100. The Bertz CT molecular complexity index is 660. The van der Waals surface area contributed by atoms with Crippen LogP contribution < -0.4 is 5.32 Å². The summed E-state index contributed by atoms with van der Waals surface area (Å²) in [4.78, 5) is 27.2.